The number of nitrogens with zero attached hydrogens (tertiary/aromatic N) is 1. The number of hydrogen-bond donors (Lipinski definition) is 1. The van der Waals surface area contributed by atoms with Gasteiger partial charge in [0.2, 0.25) is 0 Å². The van der Waals surface area contributed by atoms with Crippen molar-refractivity contribution in [3.05, 3.63) is 12.0 Å². The minimum atomic E-state index is 0.667. The van der Waals surface area contributed by atoms with Gasteiger partial charge in [-0.2, -0.15) is 0 Å². The molecule has 0 fully saturated rings. The summed E-state index contributed by atoms with van der Waals surface area (Å²) in [6.07, 6.45) is 1.73. The molecule has 1 heterocycles. The SMILES string of the molecule is COc1c[nH]c(C)[n+]1OC. The second kappa shape index (κ2) is 2.60. The number of nitrogens with one attached hydrogen (secondary N) is 1. The van der Waals surface area contributed by atoms with Crippen LogP contribution in [0.15, 0.2) is 6.20 Å². The van der Waals surface area contributed by atoms with E-state index in [1.165, 1.54) is 0 Å². The van der Waals surface area contributed by atoms with E-state index in [-0.39, 0.29) is 0 Å². The number of hydrogen-bond acceptors (Lipinski definition) is 2. The Labute approximate surface area is 59.3 Å². The number of aromatic nitrogens is 2. The van der Waals surface area contributed by atoms with Crippen LogP contribution < -0.4 is 14.3 Å². The normalized spacial score (nSPS) is 9.50. The fraction of sp³-hybridized carbons (Fsp3) is 0.500. The highest BCUT2D eigenvalue weighted by atomic mass is 16.7. The minimum absolute atomic E-state index is 0.667. The first-order valence-electron chi connectivity index (χ1n) is 2.98. The van der Waals surface area contributed by atoms with Crippen molar-refractivity contribution < 1.29 is 14.3 Å². The molecule has 1 aromatic heterocycles. The molecule has 0 saturated heterocycles. The molecule has 0 spiro atoms. The van der Waals surface area contributed by atoms with E-state index in [0.717, 1.165) is 5.82 Å². The lowest BCUT2D eigenvalue weighted by molar-refractivity contribution is -0.890. The van der Waals surface area contributed by atoms with E-state index in [4.69, 9.17) is 9.57 Å². The van der Waals surface area contributed by atoms with Crippen LogP contribution in [0.4, 0.5) is 0 Å². The van der Waals surface area contributed by atoms with Crippen molar-refractivity contribution in [2.45, 2.75) is 6.92 Å². The molecule has 0 atom stereocenters. The third kappa shape index (κ3) is 0.920. The molecule has 0 radical (unpaired) electrons. The van der Waals surface area contributed by atoms with Gasteiger partial charge >= 0.3 is 5.88 Å². The van der Waals surface area contributed by atoms with E-state index < -0.39 is 0 Å². The largest absolute Gasteiger partial charge is 0.460 e. The van der Waals surface area contributed by atoms with Gasteiger partial charge in [-0.15, -0.1) is 0 Å². The van der Waals surface area contributed by atoms with Gasteiger partial charge in [-0.05, 0) is 4.73 Å². The molecule has 0 unspecified atom stereocenters. The molecule has 1 N–H and O–H groups in total. The number of aryl methyl sites for hydroxylation is 1. The summed E-state index contributed by atoms with van der Waals surface area (Å²) in [5.41, 5.74) is 0. The molecular weight excluding hydrogens is 132 g/mol. The Kier molecular flexibility index (Phi) is 1.80. The Morgan fingerprint density at radius 3 is 2.60 bits per heavy atom. The van der Waals surface area contributed by atoms with Gasteiger partial charge in [-0.3, -0.25) is 0 Å². The lowest BCUT2D eigenvalue weighted by Crippen LogP contribution is -2.42. The van der Waals surface area contributed by atoms with Crippen molar-refractivity contribution in [1.82, 2.24) is 4.98 Å². The monoisotopic (exact) mass is 143 g/mol. The summed E-state index contributed by atoms with van der Waals surface area (Å²) in [4.78, 5) is 7.92. The summed E-state index contributed by atoms with van der Waals surface area (Å²) in [6.45, 7) is 1.89. The third-order valence-corrected chi connectivity index (χ3v) is 1.30. The van der Waals surface area contributed by atoms with E-state index >= 15 is 0 Å². The van der Waals surface area contributed by atoms with E-state index in [0.29, 0.717) is 5.88 Å². The van der Waals surface area contributed by atoms with Crippen LogP contribution in [0.3, 0.4) is 0 Å². The second-order valence-electron chi connectivity index (χ2n) is 1.89. The molecule has 10 heavy (non-hydrogen) atoms. The van der Waals surface area contributed by atoms with Gasteiger partial charge in [0.1, 0.15) is 7.11 Å². The molecule has 4 nitrogen and oxygen atoms in total. The first kappa shape index (κ1) is 6.92. The Morgan fingerprint density at radius 2 is 2.20 bits per heavy atom. The molecule has 0 aliphatic rings. The van der Waals surface area contributed by atoms with Gasteiger partial charge in [-0.25, -0.2) is 4.98 Å². The molecule has 1 rings (SSSR count). The number of ether oxygens (including phenoxy) is 1. The summed E-state index contributed by atoms with van der Waals surface area (Å²) < 4.78 is 6.53. The maximum absolute atomic E-state index is 4.97. The lowest BCUT2D eigenvalue weighted by atomic mass is 10.7. The quantitative estimate of drug-likeness (QED) is 0.576. The molecule has 1 aromatic rings. The van der Waals surface area contributed by atoms with Crippen molar-refractivity contribution in [3.8, 4) is 5.88 Å². The highest BCUT2D eigenvalue weighted by Crippen LogP contribution is 1.99. The third-order valence-electron chi connectivity index (χ3n) is 1.30. The maximum Gasteiger partial charge on any atom is 0.365 e. The van der Waals surface area contributed by atoms with Crippen molar-refractivity contribution in [2.75, 3.05) is 14.2 Å². The van der Waals surface area contributed by atoms with Gasteiger partial charge in [0, 0.05) is 6.92 Å². The number of aromatic amines is 1. The molecule has 0 aromatic carbocycles. The average Bonchev–Trinajstić information content (AvgIpc) is 2.30. The number of methoxy groups -OCH3 is 1. The molecule has 0 bridgehead atoms. The van der Waals surface area contributed by atoms with Crippen LogP contribution >= 0.6 is 0 Å². The number of H-pyrrole nitrogens is 1. The lowest BCUT2D eigenvalue weighted by Gasteiger charge is -1.95. The van der Waals surface area contributed by atoms with Crippen LogP contribution in [0.2, 0.25) is 0 Å². The summed E-state index contributed by atoms with van der Waals surface area (Å²) in [5.74, 6) is 1.57. The van der Waals surface area contributed by atoms with Crippen molar-refractivity contribution in [3.63, 3.8) is 0 Å². The smallest absolute Gasteiger partial charge is 0.365 e. The van der Waals surface area contributed by atoms with Gasteiger partial charge in [0.25, 0.3) is 5.82 Å². The Balaban J connectivity index is 3.01. The van der Waals surface area contributed by atoms with Crippen LogP contribution in [-0.2, 0) is 0 Å². The molecule has 0 amide bonds. The standard InChI is InChI=1S/C6H10N2O2/c1-5-7-4-6(9-2)8(5)10-3/h4H,1-3H3/p+1. The second-order valence-corrected chi connectivity index (χ2v) is 1.89. The predicted molar refractivity (Wildman–Crippen MR) is 34.8 cm³/mol. The van der Waals surface area contributed by atoms with Gasteiger partial charge in [-0.1, -0.05) is 0 Å². The van der Waals surface area contributed by atoms with Crippen LogP contribution in [0.5, 0.6) is 5.88 Å². The zero-order valence-corrected chi connectivity index (χ0v) is 6.34. The summed E-state index contributed by atoms with van der Waals surface area (Å²) >= 11 is 0. The summed E-state index contributed by atoms with van der Waals surface area (Å²) in [5, 5.41) is 0. The highest BCUT2D eigenvalue weighted by molar-refractivity contribution is 4.94. The highest BCUT2D eigenvalue weighted by Gasteiger charge is 2.14. The van der Waals surface area contributed by atoms with Gasteiger partial charge in [0.05, 0.1) is 7.11 Å². The molecule has 0 aliphatic carbocycles. The van der Waals surface area contributed by atoms with Crippen LogP contribution in [0, 0.1) is 6.92 Å². The summed E-state index contributed by atoms with van der Waals surface area (Å²) in [7, 11) is 3.18. The van der Waals surface area contributed by atoms with Crippen LogP contribution in [-0.4, -0.2) is 19.2 Å². The molecule has 56 valence electrons. The van der Waals surface area contributed by atoms with Crippen molar-refractivity contribution in [1.29, 1.82) is 0 Å². The van der Waals surface area contributed by atoms with Crippen LogP contribution in [0.1, 0.15) is 5.82 Å². The van der Waals surface area contributed by atoms with Gasteiger partial charge < -0.3 is 9.57 Å². The molecule has 0 saturated carbocycles. The first-order valence-corrected chi connectivity index (χ1v) is 2.98. The zero-order chi connectivity index (χ0) is 7.56. The maximum atomic E-state index is 4.97. The van der Waals surface area contributed by atoms with Gasteiger partial charge in [0.15, 0.2) is 6.20 Å². The molecule has 0 aliphatic heterocycles. The molecule has 4 heteroatoms. The van der Waals surface area contributed by atoms with Crippen molar-refractivity contribution >= 4 is 0 Å². The Morgan fingerprint density at radius 1 is 1.50 bits per heavy atom. The minimum Gasteiger partial charge on any atom is -0.460 e. The fourth-order valence-corrected chi connectivity index (χ4v) is 0.817. The number of rotatable bonds is 2. The molecular formula is C6H11N2O2+. The number of imidazole rings is 1. The Bertz CT molecular complexity index is 220. The zero-order valence-electron chi connectivity index (χ0n) is 6.34. The van der Waals surface area contributed by atoms with Crippen LogP contribution in [0.25, 0.3) is 0 Å². The topological polar surface area (TPSA) is 38.1 Å². The Hall–Kier alpha value is -1.19. The average molecular weight is 143 g/mol. The van der Waals surface area contributed by atoms with E-state index in [1.54, 1.807) is 25.1 Å². The van der Waals surface area contributed by atoms with E-state index in [9.17, 15) is 0 Å². The van der Waals surface area contributed by atoms with Crippen molar-refractivity contribution in [2.24, 2.45) is 0 Å². The fourth-order valence-electron chi connectivity index (χ4n) is 0.817. The predicted octanol–water partition coefficient (Wildman–Crippen LogP) is -0.322. The van der Waals surface area contributed by atoms with E-state index in [1.807, 2.05) is 6.92 Å². The van der Waals surface area contributed by atoms with E-state index in [2.05, 4.69) is 4.98 Å². The summed E-state index contributed by atoms with van der Waals surface area (Å²) in [6, 6.07) is 0. The first-order chi connectivity index (χ1) is 4.79.